The Morgan fingerprint density at radius 1 is 1.09 bits per heavy atom. The van der Waals surface area contributed by atoms with Crippen molar-refractivity contribution >= 4 is 46.0 Å². The van der Waals surface area contributed by atoms with Crippen LogP contribution in [0.15, 0.2) is 54.7 Å². The number of Topliss-reactive ketones (excluding diaryl/α,β-unsaturated/α-hetero) is 1. The molecule has 0 aliphatic carbocycles. The summed E-state index contributed by atoms with van der Waals surface area (Å²) in [5.41, 5.74) is 13.6. The lowest BCUT2D eigenvalue weighted by Crippen LogP contribution is -2.43. The molecule has 1 saturated heterocycles. The number of aromatic nitrogens is 1. The molecule has 1 aromatic heterocycles. The van der Waals surface area contributed by atoms with Crippen LogP contribution in [0.5, 0.6) is 0 Å². The van der Waals surface area contributed by atoms with E-state index in [1.165, 1.54) is 15.7 Å². The van der Waals surface area contributed by atoms with Crippen molar-refractivity contribution < 1.29 is 14.4 Å². The SMILES string of the molecule is NC(=O)n1cc(NC(=O)N2C[C@@H](N)C[C@H]2C(=O)CCCc2ccccc2Cl)c2ccccc21. The van der Waals surface area contributed by atoms with E-state index >= 15 is 0 Å². The van der Waals surface area contributed by atoms with Gasteiger partial charge in [0.2, 0.25) is 0 Å². The number of hydrogen-bond acceptors (Lipinski definition) is 4. The van der Waals surface area contributed by atoms with Crippen molar-refractivity contribution in [1.29, 1.82) is 0 Å². The second-order valence-electron chi connectivity index (χ2n) is 8.27. The standard InChI is InChI=1S/C24H26ClN5O3/c25-18-9-3-1-6-15(18)7-5-11-22(31)21-12-16(26)13-30(21)24(33)28-19-14-29(23(27)32)20-10-4-2-8-17(19)20/h1-4,6,8-10,14,16,21H,5,7,11-13,26H2,(H2,27,32)(H,28,33)/t16-,21-/m0/s1. The highest BCUT2D eigenvalue weighted by molar-refractivity contribution is 6.31. The van der Waals surface area contributed by atoms with Gasteiger partial charge in [-0.3, -0.25) is 9.36 Å². The van der Waals surface area contributed by atoms with Crippen LogP contribution in [0.4, 0.5) is 15.3 Å². The van der Waals surface area contributed by atoms with Gasteiger partial charge in [0, 0.05) is 35.6 Å². The van der Waals surface area contributed by atoms with Gasteiger partial charge < -0.3 is 21.7 Å². The number of aryl methyl sites for hydroxylation is 1. The van der Waals surface area contributed by atoms with E-state index in [1.54, 1.807) is 24.3 Å². The van der Waals surface area contributed by atoms with Crippen molar-refractivity contribution in [1.82, 2.24) is 9.47 Å². The van der Waals surface area contributed by atoms with E-state index in [0.29, 0.717) is 47.3 Å². The number of nitrogens with zero attached hydrogens (tertiary/aromatic N) is 2. The monoisotopic (exact) mass is 467 g/mol. The van der Waals surface area contributed by atoms with E-state index in [9.17, 15) is 14.4 Å². The number of halogens is 1. The molecule has 1 aliphatic rings. The van der Waals surface area contributed by atoms with Crippen LogP contribution in [-0.4, -0.2) is 45.9 Å². The smallest absolute Gasteiger partial charge is 0.323 e. The lowest BCUT2D eigenvalue weighted by Gasteiger charge is -2.23. The molecule has 2 aromatic carbocycles. The molecule has 9 heteroatoms. The first kappa shape index (κ1) is 22.8. The maximum atomic E-state index is 13.1. The van der Waals surface area contributed by atoms with Crippen molar-refractivity contribution in [3.63, 3.8) is 0 Å². The van der Waals surface area contributed by atoms with Crippen LogP contribution in [0, 0.1) is 0 Å². The summed E-state index contributed by atoms with van der Waals surface area (Å²) in [4.78, 5) is 39.3. The fourth-order valence-corrected chi connectivity index (χ4v) is 4.60. The Balaban J connectivity index is 1.45. The molecule has 0 spiro atoms. The molecule has 1 fully saturated rings. The molecular weight excluding hydrogens is 442 g/mol. The molecule has 5 N–H and O–H groups in total. The average Bonchev–Trinajstić information content (AvgIpc) is 3.36. The third kappa shape index (κ3) is 4.86. The predicted molar refractivity (Wildman–Crippen MR) is 128 cm³/mol. The maximum Gasteiger partial charge on any atom is 0.323 e. The fourth-order valence-electron chi connectivity index (χ4n) is 4.37. The van der Waals surface area contributed by atoms with Crippen molar-refractivity contribution in [3.8, 4) is 0 Å². The minimum absolute atomic E-state index is 0.0234. The minimum Gasteiger partial charge on any atom is -0.351 e. The highest BCUT2D eigenvalue weighted by Crippen LogP contribution is 2.28. The van der Waals surface area contributed by atoms with Gasteiger partial charge in [0.05, 0.1) is 17.2 Å². The van der Waals surface area contributed by atoms with Crippen molar-refractivity contribution in [2.45, 2.75) is 37.8 Å². The Labute approximate surface area is 196 Å². The maximum absolute atomic E-state index is 13.1. The number of carbonyl (C=O) groups excluding carboxylic acids is 3. The summed E-state index contributed by atoms with van der Waals surface area (Å²) in [6.45, 7) is 0.279. The number of urea groups is 1. The van der Waals surface area contributed by atoms with Gasteiger partial charge >= 0.3 is 12.1 Å². The number of para-hydroxylation sites is 1. The molecule has 4 rings (SSSR count). The number of carbonyl (C=O) groups is 3. The third-order valence-electron chi connectivity index (χ3n) is 5.98. The Bertz CT molecular complexity index is 1210. The number of fused-ring (bicyclic) bond motifs is 1. The van der Waals surface area contributed by atoms with Crippen LogP contribution < -0.4 is 16.8 Å². The van der Waals surface area contributed by atoms with Crippen molar-refractivity contribution in [3.05, 3.63) is 65.3 Å². The molecule has 33 heavy (non-hydrogen) atoms. The van der Waals surface area contributed by atoms with Crippen LogP contribution in [0.1, 0.15) is 24.8 Å². The van der Waals surface area contributed by atoms with E-state index in [0.717, 1.165) is 5.56 Å². The first-order chi connectivity index (χ1) is 15.8. The molecule has 3 amide bonds. The van der Waals surface area contributed by atoms with Crippen LogP contribution in [0.25, 0.3) is 10.9 Å². The molecule has 172 valence electrons. The molecule has 3 aromatic rings. The number of ketones is 1. The number of nitrogens with one attached hydrogen (secondary N) is 1. The summed E-state index contributed by atoms with van der Waals surface area (Å²) in [5.74, 6) is -0.0234. The van der Waals surface area contributed by atoms with Crippen LogP contribution in [-0.2, 0) is 11.2 Å². The van der Waals surface area contributed by atoms with E-state index in [2.05, 4.69) is 5.32 Å². The molecule has 2 heterocycles. The lowest BCUT2D eigenvalue weighted by molar-refractivity contribution is -0.122. The number of rotatable bonds is 6. The first-order valence-corrected chi connectivity index (χ1v) is 11.2. The van der Waals surface area contributed by atoms with Gasteiger partial charge in [-0.25, -0.2) is 9.59 Å². The van der Waals surface area contributed by atoms with Gasteiger partial charge in [-0.05, 0) is 37.0 Å². The number of benzene rings is 2. The summed E-state index contributed by atoms with van der Waals surface area (Å²) in [5, 5.41) is 4.19. The Hall–Kier alpha value is -3.36. The predicted octanol–water partition coefficient (Wildman–Crippen LogP) is 3.75. The van der Waals surface area contributed by atoms with E-state index < -0.39 is 18.1 Å². The number of amides is 3. The molecule has 8 nitrogen and oxygen atoms in total. The first-order valence-electron chi connectivity index (χ1n) is 10.8. The summed E-state index contributed by atoms with van der Waals surface area (Å²) in [6.07, 6.45) is 3.55. The zero-order valence-electron chi connectivity index (χ0n) is 18.0. The molecule has 0 bridgehead atoms. The van der Waals surface area contributed by atoms with E-state index in [4.69, 9.17) is 23.1 Å². The van der Waals surface area contributed by atoms with Gasteiger partial charge in [-0.1, -0.05) is 48.0 Å². The molecule has 1 aliphatic heterocycles. The van der Waals surface area contributed by atoms with Gasteiger partial charge in [0.1, 0.15) is 0 Å². The summed E-state index contributed by atoms with van der Waals surface area (Å²) >= 11 is 6.20. The summed E-state index contributed by atoms with van der Waals surface area (Å²) in [6, 6.07) is 12.7. The van der Waals surface area contributed by atoms with Gasteiger partial charge in [-0.15, -0.1) is 0 Å². The number of likely N-dealkylation sites (tertiary alicyclic amines) is 1. The number of anilines is 1. The zero-order valence-corrected chi connectivity index (χ0v) is 18.8. The highest BCUT2D eigenvalue weighted by atomic mass is 35.5. The van der Waals surface area contributed by atoms with Crippen LogP contribution in [0.2, 0.25) is 5.02 Å². The summed E-state index contributed by atoms with van der Waals surface area (Å²) < 4.78 is 1.28. The van der Waals surface area contributed by atoms with E-state index in [1.807, 2.05) is 24.3 Å². The highest BCUT2D eigenvalue weighted by Gasteiger charge is 2.37. The second kappa shape index (κ2) is 9.64. The van der Waals surface area contributed by atoms with Gasteiger partial charge in [0.25, 0.3) is 0 Å². The van der Waals surface area contributed by atoms with Gasteiger partial charge in [0.15, 0.2) is 5.78 Å². The number of primary amides is 1. The molecular formula is C24H26ClN5O3. The van der Waals surface area contributed by atoms with E-state index in [-0.39, 0.29) is 18.4 Å². The average molecular weight is 468 g/mol. The van der Waals surface area contributed by atoms with Crippen molar-refractivity contribution in [2.75, 3.05) is 11.9 Å². The normalized spacial score (nSPS) is 17.9. The van der Waals surface area contributed by atoms with Gasteiger partial charge in [-0.2, -0.15) is 0 Å². The van der Waals surface area contributed by atoms with Crippen LogP contribution in [0.3, 0.4) is 0 Å². The Morgan fingerprint density at radius 2 is 1.82 bits per heavy atom. The lowest BCUT2D eigenvalue weighted by atomic mass is 10.0. The molecule has 0 saturated carbocycles. The largest absolute Gasteiger partial charge is 0.351 e. The minimum atomic E-state index is -0.651. The number of hydrogen-bond donors (Lipinski definition) is 3. The Kier molecular flexibility index (Phi) is 6.67. The number of nitrogens with two attached hydrogens (primary N) is 2. The summed E-state index contributed by atoms with van der Waals surface area (Å²) in [7, 11) is 0. The quantitative estimate of drug-likeness (QED) is 0.510. The topological polar surface area (TPSA) is 123 Å². The molecule has 0 unspecified atom stereocenters. The third-order valence-corrected chi connectivity index (χ3v) is 6.35. The Morgan fingerprint density at radius 3 is 2.58 bits per heavy atom. The molecule has 0 radical (unpaired) electrons. The second-order valence-corrected chi connectivity index (χ2v) is 8.68. The zero-order chi connectivity index (χ0) is 23.5. The molecule has 2 atom stereocenters. The van der Waals surface area contributed by atoms with Crippen LogP contribution >= 0.6 is 11.6 Å². The van der Waals surface area contributed by atoms with Crippen molar-refractivity contribution in [2.24, 2.45) is 11.5 Å². The fraction of sp³-hybridized carbons (Fsp3) is 0.292.